The topological polar surface area (TPSA) is 274 Å². The molecule has 0 fully saturated rings. The van der Waals surface area contributed by atoms with E-state index in [9.17, 15) is 74.1 Å². The first-order valence-corrected chi connectivity index (χ1v) is 21.5. The second-order valence-corrected chi connectivity index (χ2v) is 15.5. The monoisotopic (exact) mass is 1060 g/mol. The number of carbonyl (C=O) groups is 6. The Balaban J connectivity index is 0.00000111. The zero-order valence-electron chi connectivity index (χ0n) is 39.6. The van der Waals surface area contributed by atoms with E-state index in [1.54, 1.807) is 18.2 Å². The molecule has 5 atom stereocenters. The van der Waals surface area contributed by atoms with Crippen molar-refractivity contribution in [2.45, 2.75) is 50.0 Å². The van der Waals surface area contributed by atoms with Gasteiger partial charge in [-0.05, 0) is 65.6 Å². The number of methoxy groups -OCH3 is 3. The molecule has 4 aliphatic heterocycles. The van der Waals surface area contributed by atoms with E-state index >= 15 is 0 Å². The Morgan fingerprint density at radius 3 is 1.65 bits per heavy atom. The van der Waals surface area contributed by atoms with Crippen LogP contribution in [0.4, 0.5) is 50.7 Å². The van der Waals surface area contributed by atoms with E-state index in [1.807, 2.05) is 0 Å². The highest BCUT2D eigenvalue weighted by Gasteiger charge is 2.37. The average molecular weight is 1060 g/mol. The van der Waals surface area contributed by atoms with Crippen molar-refractivity contribution < 1.29 is 91.7 Å². The van der Waals surface area contributed by atoms with Crippen LogP contribution in [-0.4, -0.2) is 96.3 Å². The second-order valence-electron chi connectivity index (χ2n) is 15.5. The van der Waals surface area contributed by atoms with Gasteiger partial charge in [-0.3, -0.25) is 19.2 Å². The van der Waals surface area contributed by atoms with Crippen LogP contribution in [0.15, 0.2) is 85.5 Å². The SMILES string of the molecule is C=CCOC(=O)NC1Cc2ccc(c([N+]#N)c2)Oc2cc3cc(c2OC)Oc2ccc(cc2[N+]#N)CC(C(=O)OC)NC(=O)C(c2ccc(OC)cc2)NC(=O)C3NC(=O)C(C)NC1=O.F[B-](F)(F)F.F[B-](F)(F)F. The molecule has 75 heavy (non-hydrogen) atoms. The Hall–Kier alpha value is -9.15. The van der Waals surface area contributed by atoms with Crippen LogP contribution < -0.4 is 45.5 Å². The lowest BCUT2D eigenvalue weighted by Crippen LogP contribution is -2.55. The molecule has 5 N–H and O–H groups in total. The maximum Gasteiger partial charge on any atom is 0.673 e. The zero-order chi connectivity index (χ0) is 55.8. The van der Waals surface area contributed by atoms with Gasteiger partial charge in [0.25, 0.3) is 0 Å². The minimum Gasteiger partial charge on any atom is -0.497 e. The molecular formula is C44H43B2F8N9O12. The van der Waals surface area contributed by atoms with Crippen LogP contribution >= 0.6 is 0 Å². The van der Waals surface area contributed by atoms with E-state index in [4.69, 9.17) is 28.4 Å². The predicted molar refractivity (Wildman–Crippen MR) is 248 cm³/mol. The van der Waals surface area contributed by atoms with E-state index in [0.29, 0.717) is 16.9 Å². The normalized spacial score (nSPS) is 18.6. The number of amides is 5. The maximum absolute atomic E-state index is 14.9. The first kappa shape index (κ1) is 58.4. The number of benzene rings is 4. The van der Waals surface area contributed by atoms with Crippen LogP contribution in [0.5, 0.6) is 34.5 Å². The summed E-state index contributed by atoms with van der Waals surface area (Å²) in [4.78, 5) is 89.8. The van der Waals surface area contributed by atoms with Gasteiger partial charge in [0.1, 0.15) is 42.6 Å². The molecular weight excluding hydrogens is 1020 g/mol. The highest BCUT2D eigenvalue weighted by atomic mass is 19.5. The van der Waals surface area contributed by atoms with E-state index in [-0.39, 0.29) is 70.7 Å². The molecule has 8 rings (SSSR count). The molecule has 4 aliphatic rings. The molecule has 0 saturated heterocycles. The number of fused-ring (bicyclic) bond motifs is 16. The number of ether oxygens (including phenoxy) is 6. The quantitative estimate of drug-likeness (QED) is 0.0396. The molecule has 5 unspecified atom stereocenters. The molecule has 4 aromatic carbocycles. The fourth-order valence-corrected chi connectivity index (χ4v) is 6.92. The molecule has 0 aromatic heterocycles. The summed E-state index contributed by atoms with van der Waals surface area (Å²) in [6.07, 6.45) is -0.0196. The van der Waals surface area contributed by atoms with Crippen LogP contribution in [0.2, 0.25) is 0 Å². The first-order valence-electron chi connectivity index (χ1n) is 21.5. The summed E-state index contributed by atoms with van der Waals surface area (Å²) in [6.45, 7) is 4.66. The van der Waals surface area contributed by atoms with Crippen molar-refractivity contribution in [1.82, 2.24) is 26.6 Å². The summed E-state index contributed by atoms with van der Waals surface area (Å²) in [5.74, 6) is -4.54. The third kappa shape index (κ3) is 17.5. The minimum absolute atomic E-state index is 0.0524. The fraction of sp³-hybridized carbons (Fsp3) is 0.273. The van der Waals surface area contributed by atoms with Gasteiger partial charge in [0.15, 0.2) is 21.5 Å². The Bertz CT molecular complexity index is 2850. The molecule has 0 saturated carbocycles. The molecule has 4 heterocycles. The number of esters is 1. The Labute approximate surface area is 420 Å². The van der Waals surface area contributed by atoms with Gasteiger partial charge in [-0.15, -0.1) is 0 Å². The van der Waals surface area contributed by atoms with Gasteiger partial charge in [0, 0.05) is 25.0 Å². The molecule has 7 bridgehead atoms. The number of hydrogen-bond donors (Lipinski definition) is 5. The molecule has 5 amide bonds. The van der Waals surface area contributed by atoms with Crippen LogP contribution in [-0.2, 0) is 46.3 Å². The number of carbonyl (C=O) groups excluding carboxylic acids is 6. The first-order chi connectivity index (χ1) is 35.3. The van der Waals surface area contributed by atoms with Crippen molar-refractivity contribution >= 4 is 61.6 Å². The van der Waals surface area contributed by atoms with Crippen molar-refractivity contribution in [1.29, 1.82) is 10.8 Å². The number of alkyl carbamates (subject to hydrolysis) is 1. The third-order valence-corrected chi connectivity index (χ3v) is 10.2. The predicted octanol–water partition coefficient (Wildman–Crippen LogP) is 7.43. The summed E-state index contributed by atoms with van der Waals surface area (Å²) < 4.78 is 112. The van der Waals surface area contributed by atoms with Crippen molar-refractivity contribution in [2.24, 2.45) is 0 Å². The smallest absolute Gasteiger partial charge is 0.497 e. The van der Waals surface area contributed by atoms with Gasteiger partial charge in [-0.25, -0.2) is 9.59 Å². The number of rotatable bonds is 7. The fourth-order valence-electron chi connectivity index (χ4n) is 6.92. The van der Waals surface area contributed by atoms with Crippen molar-refractivity contribution in [2.75, 3.05) is 27.9 Å². The summed E-state index contributed by atoms with van der Waals surface area (Å²) in [5, 5.41) is 33.3. The Morgan fingerprint density at radius 2 is 1.17 bits per heavy atom. The van der Waals surface area contributed by atoms with Gasteiger partial charge in [0.2, 0.25) is 51.7 Å². The number of nitrogens with one attached hydrogen (secondary N) is 5. The lowest BCUT2D eigenvalue weighted by Gasteiger charge is -2.27. The molecule has 0 aliphatic carbocycles. The highest BCUT2D eigenvalue weighted by Crippen LogP contribution is 2.47. The third-order valence-electron chi connectivity index (χ3n) is 10.2. The molecule has 4 aromatic rings. The van der Waals surface area contributed by atoms with Gasteiger partial charge >= 0.3 is 37.9 Å². The highest BCUT2D eigenvalue weighted by molar-refractivity contribution is 6.50. The van der Waals surface area contributed by atoms with Crippen molar-refractivity contribution in [3.05, 3.63) is 118 Å². The van der Waals surface area contributed by atoms with E-state index in [1.165, 1.54) is 81.8 Å². The Morgan fingerprint density at radius 1 is 0.680 bits per heavy atom. The Kier molecular flexibility index (Phi) is 20.2. The van der Waals surface area contributed by atoms with Crippen LogP contribution in [0.3, 0.4) is 0 Å². The summed E-state index contributed by atoms with van der Waals surface area (Å²) >= 11 is 0. The van der Waals surface area contributed by atoms with Crippen molar-refractivity contribution in [3.8, 4) is 34.5 Å². The van der Waals surface area contributed by atoms with E-state index in [0.717, 1.165) is 7.11 Å². The van der Waals surface area contributed by atoms with E-state index < -0.39 is 80.4 Å². The summed E-state index contributed by atoms with van der Waals surface area (Å²) in [5.41, 5.74) is 0.686. The maximum atomic E-state index is 14.9. The number of hydrogen-bond acceptors (Lipinski definition) is 14. The van der Waals surface area contributed by atoms with Crippen LogP contribution in [0.1, 0.15) is 41.3 Å². The number of halogens is 8. The molecule has 0 radical (unpaired) electrons. The van der Waals surface area contributed by atoms with Gasteiger partial charge in [0.05, 0.1) is 21.3 Å². The van der Waals surface area contributed by atoms with Crippen molar-refractivity contribution in [3.63, 3.8) is 0 Å². The zero-order valence-corrected chi connectivity index (χ0v) is 39.6. The number of nitrogens with zero attached hydrogens (tertiary/aromatic N) is 4. The van der Waals surface area contributed by atoms with Gasteiger partial charge in [-0.1, -0.05) is 36.9 Å². The minimum atomic E-state index is -6.00. The number of diazo groups is 2. The largest absolute Gasteiger partial charge is 0.673 e. The van der Waals surface area contributed by atoms with Crippen LogP contribution in [0, 0.1) is 10.8 Å². The van der Waals surface area contributed by atoms with Crippen LogP contribution in [0.25, 0.3) is 9.95 Å². The molecule has 31 heteroatoms. The molecule has 21 nitrogen and oxygen atoms in total. The molecule has 398 valence electrons. The standard InChI is InChI=1S/C44H41N9O12.2BF4/c1-6-15-63-44(59)49-30-18-23-7-13-32(28(16-23)52-45)64-34-20-26-21-35(38(34)61-4)65-33-14-8-24(17-29(33)53-46)19-31(43(58)62-5)48-41(56)36(25-9-11-27(60-3)12-10-25)51-42(57)37(26)50-39(54)22(2)47-40(30)55;2*2-1(3,4)5/h6-14,16-17,20-22,30-31,36-37H,1,15,18-19H2,2-5H3,(H3-2,47,48,49,50,51,54,55,56,57,59);;/q;2*-1/p+2. The molecule has 0 spiro atoms. The van der Waals surface area contributed by atoms with Gasteiger partial charge < -0.3 is 89.5 Å². The van der Waals surface area contributed by atoms with Gasteiger partial charge in [-0.2, -0.15) is 0 Å². The van der Waals surface area contributed by atoms with E-state index in [2.05, 4.69) is 43.1 Å². The lowest BCUT2D eigenvalue weighted by atomic mass is 9.99. The summed E-state index contributed by atoms with van der Waals surface area (Å²) in [6, 6.07) is 10.1. The summed E-state index contributed by atoms with van der Waals surface area (Å²) in [7, 11) is -8.13. The average Bonchev–Trinajstić information content (AvgIpc) is 3.34. The lowest BCUT2D eigenvalue weighted by molar-refractivity contribution is -0.145. The second kappa shape index (κ2) is 26.0.